The van der Waals surface area contributed by atoms with Crippen LogP contribution in [0.4, 0.5) is 0 Å². The van der Waals surface area contributed by atoms with Gasteiger partial charge in [0.05, 0.1) is 13.2 Å². The average Bonchev–Trinajstić information content (AvgIpc) is 2.93. The summed E-state index contributed by atoms with van der Waals surface area (Å²) in [5, 5.41) is 0. The minimum Gasteiger partial charge on any atom is -0.382 e. The fourth-order valence-electron chi connectivity index (χ4n) is 2.75. The van der Waals surface area contributed by atoms with Gasteiger partial charge in [-0.1, -0.05) is 18.2 Å². The molecule has 1 aromatic carbocycles. The van der Waals surface area contributed by atoms with Gasteiger partial charge in [0.15, 0.2) is 0 Å². The lowest BCUT2D eigenvalue weighted by molar-refractivity contribution is 0.0658. The van der Waals surface area contributed by atoms with Crippen molar-refractivity contribution in [3.8, 4) is 0 Å². The zero-order chi connectivity index (χ0) is 14.2. The van der Waals surface area contributed by atoms with Gasteiger partial charge in [-0.2, -0.15) is 0 Å². The summed E-state index contributed by atoms with van der Waals surface area (Å²) in [5.41, 5.74) is 7.31. The van der Waals surface area contributed by atoms with Crippen LogP contribution >= 0.6 is 0 Å². The predicted molar refractivity (Wildman–Crippen MR) is 80.6 cm³/mol. The minimum atomic E-state index is 0.261. The predicted octanol–water partition coefficient (Wildman–Crippen LogP) is 1.60. The Hall–Kier alpha value is -0.940. The fraction of sp³-hybridized carbons (Fsp3) is 0.625. The standard InChI is InChI=1S/C16H26N2O2/c1-19-9-10-20-8-7-16(18-17)12-13-5-6-14-3-2-4-15(14)11-13/h5-6,11,16,18H,2-4,7-10,12,17H2,1H3. The van der Waals surface area contributed by atoms with Crippen molar-refractivity contribution in [2.24, 2.45) is 5.84 Å². The Bertz CT molecular complexity index is 409. The number of nitrogens with two attached hydrogens (primary N) is 1. The monoisotopic (exact) mass is 278 g/mol. The molecule has 20 heavy (non-hydrogen) atoms. The minimum absolute atomic E-state index is 0.261. The molecule has 2 rings (SSSR count). The third-order valence-electron chi connectivity index (χ3n) is 3.92. The van der Waals surface area contributed by atoms with Crippen molar-refractivity contribution < 1.29 is 9.47 Å². The van der Waals surface area contributed by atoms with E-state index >= 15 is 0 Å². The number of aryl methyl sites for hydroxylation is 2. The molecule has 0 fully saturated rings. The quantitative estimate of drug-likeness (QED) is 0.409. The van der Waals surface area contributed by atoms with Gasteiger partial charge >= 0.3 is 0 Å². The summed E-state index contributed by atoms with van der Waals surface area (Å²) < 4.78 is 10.4. The van der Waals surface area contributed by atoms with E-state index in [-0.39, 0.29) is 6.04 Å². The van der Waals surface area contributed by atoms with Crippen molar-refractivity contribution in [1.82, 2.24) is 5.43 Å². The molecule has 0 heterocycles. The molecule has 0 saturated carbocycles. The van der Waals surface area contributed by atoms with Gasteiger partial charge in [0.1, 0.15) is 0 Å². The number of methoxy groups -OCH3 is 1. The van der Waals surface area contributed by atoms with Gasteiger partial charge in [-0.15, -0.1) is 0 Å². The first-order valence-electron chi connectivity index (χ1n) is 7.47. The highest BCUT2D eigenvalue weighted by molar-refractivity contribution is 5.35. The summed E-state index contributed by atoms with van der Waals surface area (Å²) >= 11 is 0. The summed E-state index contributed by atoms with van der Waals surface area (Å²) in [7, 11) is 1.68. The van der Waals surface area contributed by atoms with Crippen molar-refractivity contribution in [3.05, 3.63) is 34.9 Å². The maximum absolute atomic E-state index is 5.64. The molecule has 112 valence electrons. The summed E-state index contributed by atoms with van der Waals surface area (Å²) in [4.78, 5) is 0. The molecule has 1 atom stereocenters. The molecule has 4 heteroatoms. The lowest BCUT2D eigenvalue weighted by atomic mass is 10.00. The van der Waals surface area contributed by atoms with Crippen LogP contribution in [0.15, 0.2) is 18.2 Å². The van der Waals surface area contributed by atoms with Gasteiger partial charge in [0.2, 0.25) is 0 Å². The summed E-state index contributed by atoms with van der Waals surface area (Å²) in [6.07, 6.45) is 5.63. The van der Waals surface area contributed by atoms with E-state index < -0.39 is 0 Å². The number of benzene rings is 1. The fourth-order valence-corrected chi connectivity index (χ4v) is 2.75. The van der Waals surface area contributed by atoms with E-state index in [0.29, 0.717) is 19.8 Å². The van der Waals surface area contributed by atoms with Crippen LogP contribution in [-0.2, 0) is 28.7 Å². The molecule has 0 saturated heterocycles. The molecule has 1 aliphatic rings. The summed E-state index contributed by atoms with van der Waals surface area (Å²) in [5.74, 6) is 5.64. The lowest BCUT2D eigenvalue weighted by Gasteiger charge is -2.16. The van der Waals surface area contributed by atoms with E-state index in [1.807, 2.05) is 0 Å². The highest BCUT2D eigenvalue weighted by Crippen LogP contribution is 2.23. The second kappa shape index (κ2) is 8.37. The number of hydrogen-bond donors (Lipinski definition) is 2. The van der Waals surface area contributed by atoms with Gasteiger partial charge in [-0.3, -0.25) is 11.3 Å². The van der Waals surface area contributed by atoms with Crippen LogP contribution in [0.1, 0.15) is 29.5 Å². The lowest BCUT2D eigenvalue weighted by Crippen LogP contribution is -2.37. The van der Waals surface area contributed by atoms with Gasteiger partial charge in [-0.25, -0.2) is 0 Å². The number of hydrogen-bond acceptors (Lipinski definition) is 4. The average molecular weight is 278 g/mol. The molecule has 4 nitrogen and oxygen atoms in total. The maximum atomic E-state index is 5.64. The molecule has 0 aliphatic heterocycles. The van der Waals surface area contributed by atoms with E-state index in [0.717, 1.165) is 12.8 Å². The Balaban J connectivity index is 1.77. The molecule has 1 unspecified atom stereocenters. The Morgan fingerprint density at radius 1 is 1.20 bits per heavy atom. The third kappa shape index (κ3) is 4.56. The first kappa shape index (κ1) is 15.4. The second-order valence-corrected chi connectivity index (χ2v) is 5.42. The molecule has 0 spiro atoms. The number of hydrazine groups is 1. The highest BCUT2D eigenvalue weighted by atomic mass is 16.5. The van der Waals surface area contributed by atoms with Crippen molar-refractivity contribution in [2.75, 3.05) is 26.9 Å². The Kier molecular flexibility index (Phi) is 6.47. The number of rotatable bonds is 9. The van der Waals surface area contributed by atoms with E-state index in [1.54, 1.807) is 7.11 Å². The van der Waals surface area contributed by atoms with Gasteiger partial charge in [0, 0.05) is 19.8 Å². The number of nitrogens with one attached hydrogen (secondary N) is 1. The summed E-state index contributed by atoms with van der Waals surface area (Å²) in [6.45, 7) is 2.00. The first-order valence-corrected chi connectivity index (χ1v) is 7.47. The van der Waals surface area contributed by atoms with Gasteiger partial charge in [-0.05, 0) is 48.8 Å². The van der Waals surface area contributed by atoms with Gasteiger partial charge in [0.25, 0.3) is 0 Å². The van der Waals surface area contributed by atoms with Crippen LogP contribution in [0, 0.1) is 0 Å². The molecule has 0 radical (unpaired) electrons. The molecular weight excluding hydrogens is 252 g/mol. The van der Waals surface area contributed by atoms with E-state index in [9.17, 15) is 0 Å². The van der Waals surface area contributed by atoms with E-state index in [4.69, 9.17) is 15.3 Å². The normalized spacial score (nSPS) is 15.3. The number of ether oxygens (including phenoxy) is 2. The number of fused-ring (bicyclic) bond motifs is 1. The second-order valence-electron chi connectivity index (χ2n) is 5.42. The molecule has 1 aliphatic carbocycles. The van der Waals surface area contributed by atoms with Crippen molar-refractivity contribution in [2.45, 2.75) is 38.1 Å². The Morgan fingerprint density at radius 2 is 2.05 bits per heavy atom. The zero-order valence-corrected chi connectivity index (χ0v) is 12.4. The van der Waals surface area contributed by atoms with E-state index in [1.165, 1.54) is 36.0 Å². The molecule has 1 aromatic rings. The molecular formula is C16H26N2O2. The van der Waals surface area contributed by atoms with Gasteiger partial charge < -0.3 is 9.47 Å². The topological polar surface area (TPSA) is 56.5 Å². The van der Waals surface area contributed by atoms with Crippen molar-refractivity contribution >= 4 is 0 Å². The molecule has 0 amide bonds. The SMILES string of the molecule is COCCOCCC(Cc1ccc2c(c1)CCC2)NN. The first-order chi connectivity index (χ1) is 9.83. The van der Waals surface area contributed by atoms with Crippen LogP contribution in [0.5, 0.6) is 0 Å². The molecule has 0 bridgehead atoms. The maximum Gasteiger partial charge on any atom is 0.0700 e. The summed E-state index contributed by atoms with van der Waals surface area (Å²) in [6, 6.07) is 7.12. The van der Waals surface area contributed by atoms with Crippen LogP contribution in [0.2, 0.25) is 0 Å². The zero-order valence-electron chi connectivity index (χ0n) is 12.4. The Labute approximate surface area is 121 Å². The highest BCUT2D eigenvalue weighted by Gasteiger charge is 2.13. The van der Waals surface area contributed by atoms with Crippen molar-refractivity contribution in [1.29, 1.82) is 0 Å². The molecule has 0 aromatic heterocycles. The third-order valence-corrected chi connectivity index (χ3v) is 3.92. The Morgan fingerprint density at radius 3 is 2.85 bits per heavy atom. The van der Waals surface area contributed by atoms with Crippen LogP contribution < -0.4 is 11.3 Å². The molecule has 3 N–H and O–H groups in total. The smallest absolute Gasteiger partial charge is 0.0700 e. The van der Waals surface area contributed by atoms with Crippen LogP contribution in [0.25, 0.3) is 0 Å². The van der Waals surface area contributed by atoms with Crippen LogP contribution in [-0.4, -0.2) is 33.0 Å². The van der Waals surface area contributed by atoms with Crippen molar-refractivity contribution in [3.63, 3.8) is 0 Å². The van der Waals surface area contributed by atoms with E-state index in [2.05, 4.69) is 23.6 Å². The van der Waals surface area contributed by atoms with Crippen LogP contribution in [0.3, 0.4) is 0 Å². The largest absolute Gasteiger partial charge is 0.382 e.